The van der Waals surface area contributed by atoms with E-state index < -0.39 is 6.10 Å². The highest BCUT2D eigenvalue weighted by Crippen LogP contribution is 2.34. The molecule has 0 saturated heterocycles. The Kier molecular flexibility index (Phi) is 2.82. The lowest BCUT2D eigenvalue weighted by Gasteiger charge is -2.11. The summed E-state index contributed by atoms with van der Waals surface area (Å²) >= 11 is 0. The van der Waals surface area contributed by atoms with E-state index >= 15 is 0 Å². The first-order valence-corrected chi connectivity index (χ1v) is 5.10. The molecule has 2 rings (SSSR count). The molecular formula is C13H12O3. The Bertz CT molecular complexity index is 445. The Labute approximate surface area is 94.4 Å². The minimum Gasteiger partial charge on any atom is -0.492 e. The van der Waals surface area contributed by atoms with Crippen LogP contribution in [0.15, 0.2) is 24.3 Å². The molecular weight excluding hydrogens is 204 g/mol. The van der Waals surface area contributed by atoms with Gasteiger partial charge in [-0.05, 0) is 13.0 Å². The lowest BCUT2D eigenvalue weighted by molar-refractivity contribution is -0.147. The second kappa shape index (κ2) is 4.28. The lowest BCUT2D eigenvalue weighted by atomic mass is 10.0. The predicted molar refractivity (Wildman–Crippen MR) is 59.1 cm³/mol. The zero-order valence-corrected chi connectivity index (χ0v) is 8.97. The molecule has 82 valence electrons. The van der Waals surface area contributed by atoms with Gasteiger partial charge in [-0.3, -0.25) is 4.79 Å². The molecule has 0 unspecified atom stereocenters. The monoisotopic (exact) mass is 216 g/mol. The number of fused-ring (bicyclic) bond motifs is 1. The van der Waals surface area contributed by atoms with E-state index in [1.165, 1.54) is 0 Å². The molecule has 0 N–H and O–H groups in total. The molecule has 0 amide bonds. The number of rotatable bonds is 2. The van der Waals surface area contributed by atoms with Crippen molar-refractivity contribution < 1.29 is 14.3 Å². The first-order valence-electron chi connectivity index (χ1n) is 5.10. The van der Waals surface area contributed by atoms with Crippen LogP contribution in [0.1, 0.15) is 18.4 Å². The minimum atomic E-state index is -0.500. The van der Waals surface area contributed by atoms with Crippen molar-refractivity contribution in [3.8, 4) is 18.1 Å². The highest BCUT2D eigenvalue weighted by Gasteiger charge is 2.31. The minimum absolute atomic E-state index is 0.324. The number of hydrogen-bond acceptors (Lipinski definition) is 3. The predicted octanol–water partition coefficient (Wildman–Crippen LogP) is 1.73. The second-order valence-corrected chi connectivity index (χ2v) is 3.65. The molecule has 16 heavy (non-hydrogen) atoms. The van der Waals surface area contributed by atoms with Crippen molar-refractivity contribution in [2.75, 3.05) is 6.61 Å². The van der Waals surface area contributed by atoms with Crippen molar-refractivity contribution in [1.82, 2.24) is 0 Å². The van der Waals surface area contributed by atoms with Gasteiger partial charge < -0.3 is 9.47 Å². The fourth-order valence-corrected chi connectivity index (χ4v) is 1.65. The number of ether oxygens (including phenoxy) is 2. The Morgan fingerprint density at radius 2 is 2.38 bits per heavy atom. The summed E-state index contributed by atoms with van der Waals surface area (Å²) in [7, 11) is 0. The fraction of sp³-hybridized carbons (Fsp3) is 0.308. The largest absolute Gasteiger partial charge is 0.492 e. The molecule has 3 nitrogen and oxygen atoms in total. The van der Waals surface area contributed by atoms with E-state index in [-0.39, 0.29) is 11.9 Å². The first kappa shape index (κ1) is 10.6. The van der Waals surface area contributed by atoms with Crippen molar-refractivity contribution in [1.29, 1.82) is 0 Å². The average molecular weight is 216 g/mol. The van der Waals surface area contributed by atoms with Gasteiger partial charge in [0.25, 0.3) is 0 Å². The van der Waals surface area contributed by atoms with Crippen molar-refractivity contribution >= 4 is 5.97 Å². The summed E-state index contributed by atoms with van der Waals surface area (Å²) in [6.07, 6.45) is 4.66. The molecule has 0 aromatic heterocycles. The van der Waals surface area contributed by atoms with Crippen LogP contribution in [0.4, 0.5) is 0 Å². The highest BCUT2D eigenvalue weighted by atomic mass is 16.5. The molecule has 1 aromatic rings. The maximum absolute atomic E-state index is 11.8. The molecule has 0 aliphatic carbocycles. The summed E-state index contributed by atoms with van der Waals surface area (Å²) in [5, 5.41) is 0. The van der Waals surface area contributed by atoms with Crippen LogP contribution in [0.5, 0.6) is 5.75 Å². The van der Waals surface area contributed by atoms with E-state index in [9.17, 15) is 4.79 Å². The average Bonchev–Trinajstić information content (AvgIpc) is 2.72. The third-order valence-electron chi connectivity index (χ3n) is 2.51. The van der Waals surface area contributed by atoms with Crippen molar-refractivity contribution in [3.05, 3.63) is 29.8 Å². The molecule has 0 saturated carbocycles. The number of carbonyl (C=O) groups is 1. The number of esters is 1. The molecule has 0 fully saturated rings. The summed E-state index contributed by atoms with van der Waals surface area (Å²) in [6.45, 7) is 2.00. The topological polar surface area (TPSA) is 35.5 Å². The molecule has 1 aromatic carbocycles. The van der Waals surface area contributed by atoms with E-state index in [1.807, 2.05) is 24.3 Å². The van der Waals surface area contributed by atoms with Gasteiger partial charge in [-0.15, -0.1) is 6.42 Å². The molecule has 1 heterocycles. The van der Waals surface area contributed by atoms with Gasteiger partial charge in [0.15, 0.2) is 6.10 Å². The SMILES string of the molecule is C#C[C@@H](C)OC(=O)[C@@H]1COc2ccccc21. The first-order chi connectivity index (χ1) is 7.72. The number of para-hydroxylation sites is 1. The van der Waals surface area contributed by atoms with Gasteiger partial charge in [-0.2, -0.15) is 0 Å². The van der Waals surface area contributed by atoms with Crippen molar-refractivity contribution in [3.63, 3.8) is 0 Å². The molecule has 2 atom stereocenters. The van der Waals surface area contributed by atoms with Gasteiger partial charge in [0.05, 0.1) is 0 Å². The van der Waals surface area contributed by atoms with E-state index in [0.29, 0.717) is 6.61 Å². The maximum atomic E-state index is 11.8. The molecule has 0 bridgehead atoms. The molecule has 1 aliphatic heterocycles. The molecule has 0 radical (unpaired) electrons. The van der Waals surface area contributed by atoms with Crippen molar-refractivity contribution in [2.45, 2.75) is 18.9 Å². The van der Waals surface area contributed by atoms with Crippen LogP contribution in [0.3, 0.4) is 0 Å². The van der Waals surface area contributed by atoms with Gasteiger partial charge in [-0.1, -0.05) is 24.1 Å². The summed E-state index contributed by atoms with van der Waals surface area (Å²) in [4.78, 5) is 11.8. The molecule has 0 spiro atoms. The quantitative estimate of drug-likeness (QED) is 0.558. The Morgan fingerprint density at radius 3 is 3.12 bits per heavy atom. The number of terminal acetylenes is 1. The summed E-state index contributed by atoms with van der Waals surface area (Å²) in [5.74, 6) is 2.43. The zero-order valence-electron chi connectivity index (χ0n) is 8.97. The lowest BCUT2D eigenvalue weighted by Crippen LogP contribution is -2.21. The summed E-state index contributed by atoms with van der Waals surface area (Å²) in [6, 6.07) is 7.46. The van der Waals surface area contributed by atoms with Crippen LogP contribution >= 0.6 is 0 Å². The Morgan fingerprint density at radius 1 is 1.62 bits per heavy atom. The van der Waals surface area contributed by atoms with Crippen LogP contribution < -0.4 is 4.74 Å². The van der Waals surface area contributed by atoms with Gasteiger partial charge >= 0.3 is 5.97 Å². The number of carbonyl (C=O) groups excluding carboxylic acids is 1. The van der Waals surface area contributed by atoms with Gasteiger partial charge in [0.2, 0.25) is 0 Å². The van der Waals surface area contributed by atoms with Crippen LogP contribution in [0.25, 0.3) is 0 Å². The smallest absolute Gasteiger partial charge is 0.318 e. The summed E-state index contributed by atoms with van der Waals surface area (Å²) in [5.41, 5.74) is 0.872. The third-order valence-corrected chi connectivity index (χ3v) is 2.51. The number of hydrogen-bond donors (Lipinski definition) is 0. The van der Waals surface area contributed by atoms with Crippen LogP contribution in [-0.4, -0.2) is 18.7 Å². The number of benzene rings is 1. The molecule has 1 aliphatic rings. The fourth-order valence-electron chi connectivity index (χ4n) is 1.65. The second-order valence-electron chi connectivity index (χ2n) is 3.65. The third kappa shape index (κ3) is 1.87. The van der Waals surface area contributed by atoms with E-state index in [4.69, 9.17) is 15.9 Å². The zero-order chi connectivity index (χ0) is 11.5. The van der Waals surface area contributed by atoms with Crippen LogP contribution in [-0.2, 0) is 9.53 Å². The van der Waals surface area contributed by atoms with E-state index in [2.05, 4.69) is 5.92 Å². The normalized spacial score (nSPS) is 19.1. The van der Waals surface area contributed by atoms with Crippen LogP contribution in [0.2, 0.25) is 0 Å². The van der Waals surface area contributed by atoms with Crippen LogP contribution in [0, 0.1) is 12.3 Å². The van der Waals surface area contributed by atoms with Gasteiger partial charge in [0, 0.05) is 5.56 Å². The van der Waals surface area contributed by atoms with Gasteiger partial charge in [-0.25, -0.2) is 0 Å². The van der Waals surface area contributed by atoms with Gasteiger partial charge in [0.1, 0.15) is 18.3 Å². The Balaban J connectivity index is 2.14. The Hall–Kier alpha value is -1.95. The van der Waals surface area contributed by atoms with E-state index in [1.54, 1.807) is 6.92 Å². The van der Waals surface area contributed by atoms with E-state index in [0.717, 1.165) is 11.3 Å². The van der Waals surface area contributed by atoms with Crippen molar-refractivity contribution in [2.24, 2.45) is 0 Å². The maximum Gasteiger partial charge on any atom is 0.318 e. The molecule has 3 heteroatoms. The standard InChI is InChI=1S/C13H12O3/c1-3-9(2)16-13(14)11-8-15-12-7-5-4-6-10(11)12/h1,4-7,9,11H,8H2,2H3/t9-,11-/m1/s1. The highest BCUT2D eigenvalue weighted by molar-refractivity contribution is 5.80. The summed E-state index contributed by atoms with van der Waals surface area (Å²) < 4.78 is 10.5.